The first-order valence-corrected chi connectivity index (χ1v) is 10.8. The van der Waals surface area contributed by atoms with Crippen molar-refractivity contribution in [1.82, 2.24) is 10.2 Å². The van der Waals surface area contributed by atoms with Crippen LogP contribution in [-0.2, 0) is 20.9 Å². The normalized spacial score (nSPS) is 19.0. The Labute approximate surface area is 193 Å². The Morgan fingerprint density at radius 2 is 1.82 bits per heavy atom. The van der Waals surface area contributed by atoms with E-state index in [4.69, 9.17) is 0 Å². The highest BCUT2D eigenvalue weighted by Gasteiger charge is 2.47. The molecule has 33 heavy (non-hydrogen) atoms. The fourth-order valence-corrected chi connectivity index (χ4v) is 3.95. The standard InChI is InChI=1S/C26H26N4O3/c1-19-11-13-20(14-12-19)17-27-24(32)18-29(21-8-4-3-5-9-21)25(33)26(2)16-23(31)28-22-10-6-7-15-30(22)26/h3-15H,16-18H2,1-2H3,(H,27,32)/t26-/m1/s1. The number of benzene rings is 2. The monoisotopic (exact) mass is 442 g/mol. The van der Waals surface area contributed by atoms with Gasteiger partial charge in [0.25, 0.3) is 11.8 Å². The van der Waals surface area contributed by atoms with E-state index >= 15 is 0 Å². The summed E-state index contributed by atoms with van der Waals surface area (Å²) in [5.41, 5.74) is 1.50. The number of hydrogen-bond acceptors (Lipinski definition) is 4. The summed E-state index contributed by atoms with van der Waals surface area (Å²) in [7, 11) is 0. The van der Waals surface area contributed by atoms with Crippen LogP contribution >= 0.6 is 0 Å². The van der Waals surface area contributed by atoms with Gasteiger partial charge in [-0.2, -0.15) is 4.99 Å². The lowest BCUT2D eigenvalue weighted by molar-refractivity contribution is -0.133. The molecule has 0 spiro atoms. The number of fused-ring (bicyclic) bond motifs is 1. The third kappa shape index (κ3) is 4.77. The number of hydrogen-bond donors (Lipinski definition) is 1. The molecule has 2 aromatic rings. The molecule has 0 aromatic heterocycles. The van der Waals surface area contributed by atoms with Crippen LogP contribution < -0.4 is 10.2 Å². The molecule has 2 aromatic carbocycles. The van der Waals surface area contributed by atoms with E-state index in [9.17, 15) is 14.4 Å². The summed E-state index contributed by atoms with van der Waals surface area (Å²) in [6.07, 6.45) is 6.92. The third-order valence-corrected chi connectivity index (χ3v) is 5.79. The second kappa shape index (κ2) is 9.24. The van der Waals surface area contributed by atoms with Gasteiger partial charge in [0.2, 0.25) is 5.91 Å². The summed E-state index contributed by atoms with van der Waals surface area (Å²) in [6, 6.07) is 16.9. The number of aliphatic imine (C=N–C) groups is 1. The molecule has 1 N–H and O–H groups in total. The Morgan fingerprint density at radius 3 is 2.55 bits per heavy atom. The molecule has 2 heterocycles. The topological polar surface area (TPSA) is 82.1 Å². The van der Waals surface area contributed by atoms with E-state index in [0.717, 1.165) is 11.1 Å². The van der Waals surface area contributed by atoms with Gasteiger partial charge in [0.15, 0.2) is 0 Å². The molecule has 0 saturated carbocycles. The molecule has 0 fully saturated rings. The average Bonchev–Trinajstić information content (AvgIpc) is 2.82. The van der Waals surface area contributed by atoms with Gasteiger partial charge in [-0.25, -0.2) is 0 Å². The maximum Gasteiger partial charge on any atom is 0.254 e. The van der Waals surface area contributed by atoms with Gasteiger partial charge in [-0.1, -0.05) is 54.1 Å². The first-order valence-electron chi connectivity index (χ1n) is 10.8. The lowest BCUT2D eigenvalue weighted by Gasteiger charge is -2.44. The molecule has 0 bridgehead atoms. The van der Waals surface area contributed by atoms with Crippen molar-refractivity contribution < 1.29 is 14.4 Å². The van der Waals surface area contributed by atoms with Gasteiger partial charge in [-0.3, -0.25) is 14.4 Å². The predicted molar refractivity (Wildman–Crippen MR) is 127 cm³/mol. The minimum absolute atomic E-state index is 0.0815. The van der Waals surface area contributed by atoms with Crippen molar-refractivity contribution in [1.29, 1.82) is 0 Å². The largest absolute Gasteiger partial charge is 0.350 e. The fourth-order valence-electron chi connectivity index (χ4n) is 3.95. The van der Waals surface area contributed by atoms with E-state index in [-0.39, 0.29) is 30.7 Å². The van der Waals surface area contributed by atoms with Gasteiger partial charge >= 0.3 is 0 Å². The van der Waals surface area contributed by atoms with E-state index in [2.05, 4.69) is 10.3 Å². The molecule has 7 heteroatoms. The highest BCUT2D eigenvalue weighted by molar-refractivity contribution is 6.13. The molecule has 0 saturated heterocycles. The summed E-state index contributed by atoms with van der Waals surface area (Å²) in [4.78, 5) is 46.4. The second-order valence-corrected chi connectivity index (χ2v) is 8.37. The zero-order valence-electron chi connectivity index (χ0n) is 18.7. The van der Waals surface area contributed by atoms with Gasteiger partial charge in [0.1, 0.15) is 17.9 Å². The van der Waals surface area contributed by atoms with Crippen molar-refractivity contribution in [3.05, 3.63) is 90.2 Å². The maximum absolute atomic E-state index is 13.9. The quantitative estimate of drug-likeness (QED) is 0.745. The highest BCUT2D eigenvalue weighted by atomic mass is 16.2. The fraction of sp³-hybridized carbons (Fsp3) is 0.231. The Bertz CT molecular complexity index is 1150. The number of amidine groups is 1. The minimum atomic E-state index is -1.21. The van der Waals surface area contributed by atoms with E-state index in [1.54, 1.807) is 48.4 Å². The van der Waals surface area contributed by atoms with Crippen molar-refractivity contribution in [2.75, 3.05) is 11.4 Å². The van der Waals surface area contributed by atoms with Crippen LogP contribution in [0.4, 0.5) is 5.69 Å². The number of carbonyl (C=O) groups is 3. The van der Waals surface area contributed by atoms with E-state index < -0.39 is 5.54 Å². The molecule has 7 nitrogen and oxygen atoms in total. The Hall–Kier alpha value is -4.00. The van der Waals surface area contributed by atoms with Gasteiger partial charge < -0.3 is 15.1 Å². The molecule has 2 aliphatic rings. The van der Waals surface area contributed by atoms with Crippen molar-refractivity contribution >= 4 is 29.2 Å². The highest BCUT2D eigenvalue weighted by Crippen LogP contribution is 2.31. The first-order chi connectivity index (χ1) is 15.9. The summed E-state index contributed by atoms with van der Waals surface area (Å²) in [6.45, 7) is 3.91. The zero-order chi connectivity index (χ0) is 23.4. The lowest BCUT2D eigenvalue weighted by Crippen LogP contribution is -2.61. The number of carbonyl (C=O) groups excluding carboxylic acids is 3. The number of nitrogens with zero attached hydrogens (tertiary/aromatic N) is 3. The molecule has 168 valence electrons. The number of anilines is 1. The van der Waals surface area contributed by atoms with Crippen LogP contribution in [0.2, 0.25) is 0 Å². The average molecular weight is 443 g/mol. The third-order valence-electron chi connectivity index (χ3n) is 5.79. The van der Waals surface area contributed by atoms with Gasteiger partial charge in [-0.15, -0.1) is 0 Å². The molecule has 1 atom stereocenters. The maximum atomic E-state index is 13.9. The van der Waals surface area contributed by atoms with Crippen LogP contribution in [0.5, 0.6) is 0 Å². The van der Waals surface area contributed by atoms with E-state index in [1.165, 1.54) is 4.90 Å². The number of para-hydroxylation sites is 1. The number of aryl methyl sites for hydroxylation is 1. The zero-order valence-corrected chi connectivity index (χ0v) is 18.7. The molecule has 0 unspecified atom stereocenters. The Kier molecular flexibility index (Phi) is 6.22. The number of rotatable bonds is 6. The van der Waals surface area contributed by atoms with E-state index in [1.807, 2.05) is 49.4 Å². The van der Waals surface area contributed by atoms with Gasteiger partial charge in [0, 0.05) is 18.4 Å². The molecule has 3 amide bonds. The van der Waals surface area contributed by atoms with Crippen molar-refractivity contribution in [2.45, 2.75) is 32.4 Å². The van der Waals surface area contributed by atoms with Gasteiger partial charge in [-0.05, 0) is 43.7 Å². The van der Waals surface area contributed by atoms with Crippen molar-refractivity contribution in [3.8, 4) is 0 Å². The van der Waals surface area contributed by atoms with Crippen LogP contribution in [0.3, 0.4) is 0 Å². The summed E-state index contributed by atoms with van der Waals surface area (Å²) < 4.78 is 0. The lowest BCUT2D eigenvalue weighted by atomic mass is 9.90. The number of allylic oxidation sites excluding steroid dienone is 2. The van der Waals surface area contributed by atoms with Crippen LogP contribution in [0.1, 0.15) is 24.5 Å². The SMILES string of the molecule is Cc1ccc(CNC(=O)CN(C(=O)[C@@]2(C)CC(=O)N=C3C=CC=CN32)c2ccccc2)cc1. The van der Waals surface area contributed by atoms with Crippen LogP contribution in [0.25, 0.3) is 0 Å². The summed E-state index contributed by atoms with van der Waals surface area (Å²) in [5.74, 6) is -0.586. The smallest absolute Gasteiger partial charge is 0.254 e. The molecular weight excluding hydrogens is 416 g/mol. The van der Waals surface area contributed by atoms with Crippen LogP contribution in [0, 0.1) is 6.92 Å². The van der Waals surface area contributed by atoms with Gasteiger partial charge in [0.05, 0.1) is 6.42 Å². The molecule has 0 aliphatic carbocycles. The van der Waals surface area contributed by atoms with Crippen LogP contribution in [0.15, 0.2) is 84.0 Å². The number of nitrogens with one attached hydrogen (secondary N) is 1. The molecule has 0 radical (unpaired) electrons. The molecule has 4 rings (SSSR count). The molecule has 2 aliphatic heterocycles. The summed E-state index contributed by atoms with van der Waals surface area (Å²) in [5, 5.41) is 2.89. The van der Waals surface area contributed by atoms with Crippen molar-refractivity contribution in [2.24, 2.45) is 4.99 Å². The summed E-state index contributed by atoms with van der Waals surface area (Å²) >= 11 is 0. The minimum Gasteiger partial charge on any atom is -0.350 e. The van der Waals surface area contributed by atoms with Crippen LogP contribution in [-0.4, -0.2) is 40.5 Å². The molecular formula is C26H26N4O3. The predicted octanol–water partition coefficient (Wildman–Crippen LogP) is 3.12. The van der Waals surface area contributed by atoms with Crippen molar-refractivity contribution in [3.63, 3.8) is 0 Å². The van der Waals surface area contributed by atoms with E-state index in [0.29, 0.717) is 18.1 Å². The Balaban J connectivity index is 1.57. The number of amides is 3. The first kappa shape index (κ1) is 22.2. The Morgan fingerprint density at radius 1 is 1.09 bits per heavy atom. The second-order valence-electron chi connectivity index (χ2n) is 8.37.